The van der Waals surface area contributed by atoms with Gasteiger partial charge in [-0.2, -0.15) is 65.9 Å². The Morgan fingerprint density at radius 1 is 0.647 bits per heavy atom. The third kappa shape index (κ3) is 4.41. The average molecular weight is 532 g/mol. The van der Waals surface area contributed by atoms with Crippen LogP contribution in [0.4, 0.5) is 65.9 Å². The van der Waals surface area contributed by atoms with Crippen LogP contribution >= 0.6 is 0 Å². The molecule has 0 radical (unpaired) electrons. The molecule has 0 amide bonds. The van der Waals surface area contributed by atoms with Gasteiger partial charge in [-0.25, -0.2) is 0 Å². The number of aryl methyl sites for hydroxylation is 1. The molecule has 0 spiro atoms. The fraction of sp³-hybridized carbons (Fsp3) is 0.667. The molecule has 1 unspecified atom stereocenters. The van der Waals surface area contributed by atoms with Crippen molar-refractivity contribution < 1.29 is 70.6 Å². The molecule has 1 rings (SSSR count). The van der Waals surface area contributed by atoms with Crippen LogP contribution in [0.1, 0.15) is 30.6 Å². The number of hydrogen-bond donors (Lipinski definition) is 0. The molecular weight excluding hydrogens is 517 g/mol. The summed E-state index contributed by atoms with van der Waals surface area (Å²) >= 11 is 0. The third-order valence-corrected chi connectivity index (χ3v) is 4.90. The Hall–Kier alpha value is -1.87. The van der Waals surface area contributed by atoms with Gasteiger partial charge in [0.05, 0.1) is 6.10 Å². The molecule has 0 saturated carbocycles. The fourth-order valence-corrected chi connectivity index (χ4v) is 2.85. The molecule has 0 fully saturated rings. The van der Waals surface area contributed by atoms with E-state index in [4.69, 9.17) is 0 Å². The van der Waals surface area contributed by atoms with Crippen molar-refractivity contribution in [2.75, 3.05) is 7.11 Å². The highest BCUT2D eigenvalue weighted by Gasteiger charge is 2.93. The fourth-order valence-electron chi connectivity index (χ4n) is 2.85. The van der Waals surface area contributed by atoms with Crippen LogP contribution in [0.25, 0.3) is 0 Å². The van der Waals surface area contributed by atoms with Crippen LogP contribution in [0.5, 0.6) is 0 Å². The van der Waals surface area contributed by atoms with Crippen molar-refractivity contribution in [2.45, 2.75) is 67.6 Å². The quantitative estimate of drug-likeness (QED) is 0.281. The number of hydrogen-bond acceptors (Lipinski definition) is 1. The van der Waals surface area contributed by atoms with Gasteiger partial charge in [0.15, 0.2) is 0 Å². The summed E-state index contributed by atoms with van der Waals surface area (Å²) in [4.78, 5) is 0. The van der Waals surface area contributed by atoms with Crippen molar-refractivity contribution in [3.8, 4) is 0 Å². The second kappa shape index (κ2) is 8.97. The Balaban J connectivity index is 3.54. The van der Waals surface area contributed by atoms with Gasteiger partial charge >= 0.3 is 41.7 Å². The summed E-state index contributed by atoms with van der Waals surface area (Å²) in [5.74, 6) is -46.6. The standard InChI is InChI=1S/C18H15F15O/c1-3-9-6-4-5-7-10(9)11(34-2)8-12(19,20)13(21,22)14(23,24)15(25,26)16(27,28)17(29,30)18(31,32)33/h4-7,11H,3,8H2,1-2H3. The molecule has 1 aromatic rings. The monoisotopic (exact) mass is 532 g/mol. The lowest BCUT2D eigenvalue weighted by Crippen LogP contribution is -2.72. The molecule has 0 aliphatic heterocycles. The first-order valence-corrected chi connectivity index (χ1v) is 8.92. The molecule has 0 aliphatic carbocycles. The number of alkyl halides is 15. The molecule has 1 nitrogen and oxygen atoms in total. The minimum Gasteiger partial charge on any atom is -0.377 e. The zero-order valence-corrected chi connectivity index (χ0v) is 16.9. The van der Waals surface area contributed by atoms with Gasteiger partial charge in [0.25, 0.3) is 0 Å². The Morgan fingerprint density at radius 3 is 1.47 bits per heavy atom. The molecule has 0 heterocycles. The van der Waals surface area contributed by atoms with E-state index >= 15 is 0 Å². The van der Waals surface area contributed by atoms with E-state index in [9.17, 15) is 65.9 Å². The van der Waals surface area contributed by atoms with E-state index < -0.39 is 54.2 Å². The Bertz CT molecular complexity index is 844. The van der Waals surface area contributed by atoms with Crippen LogP contribution in [-0.2, 0) is 11.2 Å². The van der Waals surface area contributed by atoms with Gasteiger partial charge in [-0.1, -0.05) is 31.2 Å². The van der Waals surface area contributed by atoms with Crippen LogP contribution in [0.15, 0.2) is 24.3 Å². The Morgan fingerprint density at radius 2 is 1.06 bits per heavy atom. The smallest absolute Gasteiger partial charge is 0.377 e. The summed E-state index contributed by atoms with van der Waals surface area (Å²) < 4.78 is 204. The van der Waals surface area contributed by atoms with Gasteiger partial charge in [0.1, 0.15) is 0 Å². The van der Waals surface area contributed by atoms with Crippen molar-refractivity contribution >= 4 is 0 Å². The normalized spacial score (nSPS) is 16.0. The number of methoxy groups -OCH3 is 1. The second-order valence-electron chi connectivity index (χ2n) is 7.06. The lowest BCUT2D eigenvalue weighted by molar-refractivity contribution is -0.453. The molecule has 1 atom stereocenters. The molecule has 1 aromatic carbocycles. The maximum atomic E-state index is 14.2. The van der Waals surface area contributed by atoms with Crippen LogP contribution in [0.2, 0.25) is 0 Å². The maximum absolute atomic E-state index is 14.2. The lowest BCUT2D eigenvalue weighted by atomic mass is 9.87. The summed E-state index contributed by atoms with van der Waals surface area (Å²) in [6.45, 7) is 1.44. The summed E-state index contributed by atoms with van der Waals surface area (Å²) in [6.07, 6.45) is -12.4. The largest absolute Gasteiger partial charge is 0.460 e. The Labute approximate surface area is 181 Å². The molecule has 0 aromatic heterocycles. The van der Waals surface area contributed by atoms with Gasteiger partial charge in [-0.05, 0) is 17.5 Å². The molecule has 34 heavy (non-hydrogen) atoms. The van der Waals surface area contributed by atoms with Gasteiger partial charge in [-0.15, -0.1) is 0 Å². The van der Waals surface area contributed by atoms with Crippen molar-refractivity contribution in [3.63, 3.8) is 0 Å². The van der Waals surface area contributed by atoms with Gasteiger partial charge < -0.3 is 4.74 Å². The van der Waals surface area contributed by atoms with E-state index in [0.29, 0.717) is 7.11 Å². The van der Waals surface area contributed by atoms with Crippen molar-refractivity contribution in [2.24, 2.45) is 0 Å². The molecule has 16 heteroatoms. The highest BCUT2D eigenvalue weighted by molar-refractivity contribution is 5.29. The number of ether oxygens (including phenoxy) is 1. The van der Waals surface area contributed by atoms with Crippen molar-refractivity contribution in [1.82, 2.24) is 0 Å². The Kier molecular flexibility index (Phi) is 7.96. The van der Waals surface area contributed by atoms with E-state index in [-0.39, 0.29) is 17.5 Å². The predicted octanol–water partition coefficient (Wildman–Crippen LogP) is 7.70. The summed E-state index contributed by atoms with van der Waals surface area (Å²) in [6, 6.07) is 4.78. The van der Waals surface area contributed by atoms with E-state index in [1.165, 1.54) is 25.1 Å². The zero-order chi connectivity index (χ0) is 27.2. The molecular formula is C18H15F15O. The molecule has 0 aliphatic rings. The topological polar surface area (TPSA) is 9.23 Å². The first kappa shape index (κ1) is 30.2. The summed E-state index contributed by atoms with van der Waals surface area (Å²) in [7, 11) is 0.621. The lowest BCUT2D eigenvalue weighted by Gasteiger charge is -2.42. The maximum Gasteiger partial charge on any atom is 0.460 e. The molecule has 0 N–H and O–H groups in total. The first-order valence-electron chi connectivity index (χ1n) is 8.92. The van der Waals surface area contributed by atoms with E-state index in [1.54, 1.807) is 0 Å². The third-order valence-electron chi connectivity index (χ3n) is 4.90. The predicted molar refractivity (Wildman–Crippen MR) is 85.9 cm³/mol. The second-order valence-corrected chi connectivity index (χ2v) is 7.06. The number of benzene rings is 1. The molecule has 198 valence electrons. The van der Waals surface area contributed by atoms with E-state index in [2.05, 4.69) is 4.74 Å². The number of halogens is 15. The summed E-state index contributed by atoms with van der Waals surface area (Å²) in [5, 5.41) is 0. The van der Waals surface area contributed by atoms with Gasteiger partial charge in [-0.3, -0.25) is 0 Å². The first-order chi connectivity index (χ1) is 15.0. The average Bonchev–Trinajstić information content (AvgIpc) is 2.70. The van der Waals surface area contributed by atoms with Gasteiger partial charge in [0, 0.05) is 13.5 Å². The van der Waals surface area contributed by atoms with Crippen LogP contribution in [-0.4, -0.2) is 48.8 Å². The van der Waals surface area contributed by atoms with E-state index in [1.807, 2.05) is 0 Å². The van der Waals surface area contributed by atoms with E-state index in [0.717, 1.165) is 6.07 Å². The number of rotatable bonds is 10. The minimum absolute atomic E-state index is 0.0466. The van der Waals surface area contributed by atoms with Crippen LogP contribution in [0, 0.1) is 0 Å². The summed E-state index contributed by atoms with van der Waals surface area (Å²) in [5.41, 5.74) is -0.172. The van der Waals surface area contributed by atoms with Gasteiger partial charge in [0.2, 0.25) is 0 Å². The van der Waals surface area contributed by atoms with Crippen molar-refractivity contribution in [1.29, 1.82) is 0 Å². The zero-order valence-electron chi connectivity index (χ0n) is 16.9. The van der Waals surface area contributed by atoms with Crippen LogP contribution in [0.3, 0.4) is 0 Å². The molecule has 0 bridgehead atoms. The highest BCUT2D eigenvalue weighted by atomic mass is 19.4. The highest BCUT2D eigenvalue weighted by Crippen LogP contribution is 2.63. The van der Waals surface area contributed by atoms with Crippen LogP contribution < -0.4 is 0 Å². The van der Waals surface area contributed by atoms with Crippen molar-refractivity contribution in [3.05, 3.63) is 35.4 Å². The minimum atomic E-state index is -8.30. The molecule has 0 saturated heterocycles. The SMILES string of the molecule is CCc1ccccc1C(CC(F)(F)C(F)(F)C(F)(F)C(F)(F)C(F)(F)C(F)(F)C(F)(F)F)OC.